The number of hydrogen-bond acceptors (Lipinski definition) is 2. The highest BCUT2D eigenvalue weighted by Gasteiger charge is 2.07. The molecule has 1 unspecified atom stereocenters. The lowest BCUT2D eigenvalue weighted by molar-refractivity contribution is 0.229. The maximum atomic E-state index is 10.1. The molecule has 0 saturated carbocycles. The van der Waals surface area contributed by atoms with Crippen molar-refractivity contribution in [3.63, 3.8) is 0 Å². The number of anilines is 1. The quantitative estimate of drug-likeness (QED) is 0.702. The number of aliphatic hydroxyl groups excluding tert-OH is 1. The Bertz CT molecular complexity index is 371. The molecule has 0 aliphatic rings. The molecule has 0 spiro atoms. The maximum Gasteiger partial charge on any atom is 0.0991 e. The van der Waals surface area contributed by atoms with Gasteiger partial charge in [0.25, 0.3) is 0 Å². The first kappa shape index (κ1) is 13.5. The van der Waals surface area contributed by atoms with Crippen molar-refractivity contribution >= 4 is 5.69 Å². The molecule has 2 N–H and O–H groups in total. The Balaban J connectivity index is 2.76. The van der Waals surface area contributed by atoms with E-state index >= 15 is 0 Å². The van der Waals surface area contributed by atoms with Crippen molar-refractivity contribution in [3.05, 3.63) is 54.6 Å². The molecule has 0 aromatic heterocycles. The van der Waals surface area contributed by atoms with Gasteiger partial charge in [0, 0.05) is 17.8 Å². The predicted octanol–water partition coefficient (Wildman–Crippen LogP) is 3.67. The van der Waals surface area contributed by atoms with Crippen LogP contribution in [0, 0.1) is 0 Å². The molecule has 1 atom stereocenters. The molecular formula is C15H21NO. The van der Waals surface area contributed by atoms with Gasteiger partial charge in [-0.1, -0.05) is 49.8 Å². The van der Waals surface area contributed by atoms with Crippen LogP contribution in [0.2, 0.25) is 0 Å². The summed E-state index contributed by atoms with van der Waals surface area (Å²) in [6.07, 6.45) is 7.22. The van der Waals surface area contributed by atoms with Crippen molar-refractivity contribution in [2.24, 2.45) is 0 Å². The number of benzene rings is 1. The topological polar surface area (TPSA) is 32.3 Å². The van der Waals surface area contributed by atoms with Gasteiger partial charge in [-0.3, -0.25) is 0 Å². The van der Waals surface area contributed by atoms with E-state index < -0.39 is 6.10 Å². The number of hydrogen-bond donors (Lipinski definition) is 2. The van der Waals surface area contributed by atoms with E-state index in [0.29, 0.717) is 6.54 Å². The van der Waals surface area contributed by atoms with Crippen LogP contribution in [0.3, 0.4) is 0 Å². The van der Waals surface area contributed by atoms with Crippen molar-refractivity contribution in [1.82, 2.24) is 0 Å². The first-order valence-corrected chi connectivity index (χ1v) is 6.08. The molecule has 1 rings (SSSR count). The lowest BCUT2D eigenvalue weighted by Gasteiger charge is -2.13. The average Bonchev–Trinajstić information content (AvgIpc) is 2.37. The normalized spacial score (nSPS) is 12.6. The number of allylic oxidation sites excluding steroid dienone is 1. The first-order valence-electron chi connectivity index (χ1n) is 6.08. The third kappa shape index (κ3) is 4.45. The number of para-hydroxylation sites is 1. The van der Waals surface area contributed by atoms with E-state index in [0.717, 1.165) is 24.1 Å². The Morgan fingerprint density at radius 1 is 1.41 bits per heavy atom. The number of unbranched alkanes of at least 4 members (excludes halogenated alkanes) is 1. The highest BCUT2D eigenvalue weighted by Crippen LogP contribution is 2.23. The van der Waals surface area contributed by atoms with Gasteiger partial charge in [-0.15, -0.1) is 6.58 Å². The molecule has 0 aliphatic heterocycles. The van der Waals surface area contributed by atoms with E-state index in [1.54, 1.807) is 6.08 Å². The van der Waals surface area contributed by atoms with Crippen LogP contribution in [0.4, 0.5) is 5.69 Å². The van der Waals surface area contributed by atoms with E-state index in [1.165, 1.54) is 0 Å². The van der Waals surface area contributed by atoms with Crippen LogP contribution in [-0.2, 0) is 0 Å². The molecule has 92 valence electrons. The van der Waals surface area contributed by atoms with Gasteiger partial charge in [-0.25, -0.2) is 0 Å². The minimum Gasteiger partial charge on any atom is -0.384 e. The molecule has 1 aromatic carbocycles. The Morgan fingerprint density at radius 3 is 2.88 bits per heavy atom. The van der Waals surface area contributed by atoms with E-state index in [4.69, 9.17) is 0 Å². The highest BCUT2D eigenvalue weighted by atomic mass is 16.3. The van der Waals surface area contributed by atoms with Gasteiger partial charge < -0.3 is 10.4 Å². The molecule has 0 fully saturated rings. The monoisotopic (exact) mass is 231 g/mol. The predicted molar refractivity (Wildman–Crippen MR) is 74.1 cm³/mol. The summed E-state index contributed by atoms with van der Waals surface area (Å²) in [6.45, 7) is 6.49. The van der Waals surface area contributed by atoms with Gasteiger partial charge in [0.15, 0.2) is 0 Å². The molecular weight excluding hydrogens is 210 g/mol. The molecule has 0 aliphatic carbocycles. The molecule has 17 heavy (non-hydrogen) atoms. The van der Waals surface area contributed by atoms with Crippen LogP contribution in [0.5, 0.6) is 0 Å². The largest absolute Gasteiger partial charge is 0.384 e. The van der Waals surface area contributed by atoms with Crippen LogP contribution in [0.25, 0.3) is 0 Å². The van der Waals surface area contributed by atoms with Gasteiger partial charge >= 0.3 is 0 Å². The molecule has 0 saturated heterocycles. The number of nitrogens with one attached hydrogen (secondary N) is 1. The van der Waals surface area contributed by atoms with E-state index in [-0.39, 0.29) is 0 Å². The molecule has 0 radical (unpaired) electrons. The molecule has 1 aromatic rings. The average molecular weight is 231 g/mol. The summed E-state index contributed by atoms with van der Waals surface area (Å²) in [5, 5.41) is 13.3. The fourth-order valence-electron chi connectivity index (χ4n) is 1.59. The van der Waals surface area contributed by atoms with E-state index in [9.17, 15) is 5.11 Å². The van der Waals surface area contributed by atoms with E-state index in [1.807, 2.05) is 36.4 Å². The molecule has 2 nitrogen and oxygen atoms in total. The second-order valence-electron chi connectivity index (χ2n) is 3.92. The van der Waals surface area contributed by atoms with E-state index in [2.05, 4.69) is 18.8 Å². The minimum atomic E-state index is -0.546. The molecule has 0 heterocycles. The van der Waals surface area contributed by atoms with Crippen molar-refractivity contribution < 1.29 is 5.11 Å². The van der Waals surface area contributed by atoms with Crippen molar-refractivity contribution in [2.45, 2.75) is 25.9 Å². The van der Waals surface area contributed by atoms with Gasteiger partial charge in [0.2, 0.25) is 0 Å². The zero-order valence-electron chi connectivity index (χ0n) is 10.4. The van der Waals surface area contributed by atoms with Crippen molar-refractivity contribution in [3.8, 4) is 0 Å². The summed E-state index contributed by atoms with van der Waals surface area (Å²) in [4.78, 5) is 0. The fraction of sp³-hybridized carbons (Fsp3) is 0.333. The second-order valence-corrected chi connectivity index (χ2v) is 3.92. The smallest absolute Gasteiger partial charge is 0.0991 e. The molecule has 0 bridgehead atoms. The summed E-state index contributed by atoms with van der Waals surface area (Å²) >= 11 is 0. The van der Waals surface area contributed by atoms with Gasteiger partial charge in [0.05, 0.1) is 6.10 Å². The zero-order chi connectivity index (χ0) is 12.5. The molecule has 0 amide bonds. The van der Waals surface area contributed by atoms with Crippen LogP contribution in [0.15, 0.2) is 49.1 Å². The third-order valence-corrected chi connectivity index (χ3v) is 2.49. The third-order valence-electron chi connectivity index (χ3n) is 2.49. The zero-order valence-corrected chi connectivity index (χ0v) is 10.4. The van der Waals surface area contributed by atoms with Gasteiger partial charge in [-0.05, 0) is 12.5 Å². The summed E-state index contributed by atoms with van der Waals surface area (Å²) < 4.78 is 0. The van der Waals surface area contributed by atoms with Crippen LogP contribution in [-0.4, -0.2) is 11.7 Å². The Hall–Kier alpha value is -1.54. The van der Waals surface area contributed by atoms with Crippen LogP contribution < -0.4 is 5.32 Å². The van der Waals surface area contributed by atoms with Gasteiger partial charge in [0.1, 0.15) is 0 Å². The van der Waals surface area contributed by atoms with Crippen molar-refractivity contribution in [1.29, 1.82) is 0 Å². The van der Waals surface area contributed by atoms with Crippen LogP contribution >= 0.6 is 0 Å². The first-order chi connectivity index (χ1) is 8.29. The lowest BCUT2D eigenvalue weighted by atomic mass is 10.1. The highest BCUT2D eigenvalue weighted by molar-refractivity contribution is 5.53. The maximum absolute atomic E-state index is 10.1. The summed E-state index contributed by atoms with van der Waals surface area (Å²) in [6, 6.07) is 7.80. The molecule has 2 heteroatoms. The Morgan fingerprint density at radius 2 is 2.18 bits per heavy atom. The fourth-order valence-corrected chi connectivity index (χ4v) is 1.59. The van der Waals surface area contributed by atoms with Crippen LogP contribution in [0.1, 0.15) is 31.4 Å². The number of aliphatic hydroxyl groups is 1. The summed E-state index contributed by atoms with van der Waals surface area (Å²) in [5.41, 5.74) is 1.86. The Kier molecular flexibility index (Phi) is 6.12. The Labute approximate surface area is 104 Å². The summed E-state index contributed by atoms with van der Waals surface area (Å²) in [5.74, 6) is 0. The lowest BCUT2D eigenvalue weighted by Crippen LogP contribution is -2.04. The van der Waals surface area contributed by atoms with Crippen molar-refractivity contribution in [2.75, 3.05) is 11.9 Å². The summed E-state index contributed by atoms with van der Waals surface area (Å²) in [7, 11) is 0. The standard InChI is InChI=1S/C15H21NO/c1-3-5-6-11-15(17)13-9-7-8-10-14(13)16-12-4-2/h4,6-11,15-17H,2-3,5,12H2,1H3/b11-6+. The van der Waals surface area contributed by atoms with Gasteiger partial charge in [-0.2, -0.15) is 0 Å². The second kappa shape index (κ2) is 7.69. The SMILES string of the molecule is C=CCNc1ccccc1C(O)/C=C/CCC. The number of rotatable bonds is 7. The minimum absolute atomic E-state index is 0.546.